The quantitative estimate of drug-likeness (QED) is 0.573. The van der Waals surface area contributed by atoms with E-state index in [1.165, 1.54) is 0 Å². The van der Waals surface area contributed by atoms with E-state index in [0.29, 0.717) is 19.5 Å². The molecule has 5 heteroatoms. The van der Waals surface area contributed by atoms with Crippen LogP contribution in [0.3, 0.4) is 0 Å². The minimum Gasteiger partial charge on any atom is -0.481 e. The summed E-state index contributed by atoms with van der Waals surface area (Å²) in [6.45, 7) is 6.61. The van der Waals surface area contributed by atoms with E-state index in [9.17, 15) is 9.59 Å². The number of likely N-dealkylation sites (tertiary alicyclic amines) is 1. The zero-order valence-corrected chi connectivity index (χ0v) is 11.6. The van der Waals surface area contributed by atoms with Crippen LogP contribution in [0.1, 0.15) is 39.0 Å². The summed E-state index contributed by atoms with van der Waals surface area (Å²) in [7, 11) is 0. The molecule has 0 saturated carbocycles. The number of nitrogens with one attached hydrogen (secondary N) is 1. The Balaban J connectivity index is 2.35. The lowest BCUT2D eigenvalue weighted by atomic mass is 9.99. The highest BCUT2D eigenvalue weighted by molar-refractivity contribution is 5.76. The van der Waals surface area contributed by atoms with E-state index in [1.807, 2.05) is 13.0 Å². The molecule has 0 radical (unpaired) electrons. The van der Waals surface area contributed by atoms with Crippen molar-refractivity contribution >= 4 is 12.0 Å². The number of carboxylic acid groups (broad SMARTS) is 1. The average molecular weight is 268 g/mol. The Kier molecular flexibility index (Phi) is 6.39. The summed E-state index contributed by atoms with van der Waals surface area (Å²) in [6.07, 6.45) is 6.15. The molecule has 108 valence electrons. The van der Waals surface area contributed by atoms with Gasteiger partial charge in [-0.3, -0.25) is 4.79 Å². The van der Waals surface area contributed by atoms with Crippen LogP contribution in [0.25, 0.3) is 0 Å². The number of rotatable bonds is 6. The molecule has 1 rings (SSSR count). The molecule has 1 aliphatic rings. The minimum atomic E-state index is -0.809. The summed E-state index contributed by atoms with van der Waals surface area (Å²) in [4.78, 5) is 24.6. The van der Waals surface area contributed by atoms with Gasteiger partial charge in [0.05, 0.1) is 5.92 Å². The molecule has 0 aromatic rings. The number of carboxylic acids is 1. The van der Waals surface area contributed by atoms with Crippen LogP contribution < -0.4 is 5.32 Å². The van der Waals surface area contributed by atoms with E-state index >= 15 is 0 Å². The van der Waals surface area contributed by atoms with E-state index in [2.05, 4.69) is 11.9 Å². The van der Waals surface area contributed by atoms with Gasteiger partial charge < -0.3 is 15.3 Å². The molecule has 0 bridgehead atoms. The van der Waals surface area contributed by atoms with E-state index in [0.717, 1.165) is 25.7 Å². The molecule has 0 spiro atoms. The number of aliphatic carboxylic acids is 1. The van der Waals surface area contributed by atoms with Gasteiger partial charge in [0.2, 0.25) is 0 Å². The number of urea groups is 1. The van der Waals surface area contributed by atoms with Crippen LogP contribution in [0.2, 0.25) is 0 Å². The summed E-state index contributed by atoms with van der Waals surface area (Å²) in [5, 5.41) is 11.9. The SMILES string of the molecule is C=CCCCC(C)NC(=O)N1CCCC(C(=O)O)C1. The second kappa shape index (κ2) is 7.81. The van der Waals surface area contributed by atoms with Crippen molar-refractivity contribution in [2.45, 2.75) is 45.1 Å². The highest BCUT2D eigenvalue weighted by Gasteiger charge is 2.28. The van der Waals surface area contributed by atoms with Crippen LogP contribution in [0, 0.1) is 5.92 Å². The molecule has 0 aromatic carbocycles. The molecular weight excluding hydrogens is 244 g/mol. The lowest BCUT2D eigenvalue weighted by Gasteiger charge is -2.31. The molecule has 0 aromatic heterocycles. The van der Waals surface area contributed by atoms with Crippen LogP contribution in [0.4, 0.5) is 4.79 Å². The smallest absolute Gasteiger partial charge is 0.317 e. The van der Waals surface area contributed by atoms with Crippen molar-refractivity contribution in [3.05, 3.63) is 12.7 Å². The second-order valence-electron chi connectivity index (χ2n) is 5.19. The summed E-state index contributed by atoms with van der Waals surface area (Å²) < 4.78 is 0. The van der Waals surface area contributed by atoms with Gasteiger partial charge in [-0.05, 0) is 39.0 Å². The summed E-state index contributed by atoms with van der Waals surface area (Å²) in [5.74, 6) is -1.23. The lowest BCUT2D eigenvalue weighted by Crippen LogP contribution is -2.49. The fraction of sp³-hybridized carbons (Fsp3) is 0.714. The van der Waals surface area contributed by atoms with E-state index in [4.69, 9.17) is 5.11 Å². The standard InChI is InChI=1S/C14H24N2O3/c1-3-4-5-7-11(2)15-14(19)16-9-6-8-12(10-16)13(17)18/h3,11-12H,1,4-10H2,2H3,(H,15,19)(H,17,18). The molecule has 1 heterocycles. The fourth-order valence-corrected chi connectivity index (χ4v) is 2.31. The molecular formula is C14H24N2O3. The number of hydrogen-bond donors (Lipinski definition) is 2. The van der Waals surface area contributed by atoms with Crippen LogP contribution in [-0.4, -0.2) is 41.1 Å². The average Bonchev–Trinajstić information content (AvgIpc) is 2.39. The second-order valence-corrected chi connectivity index (χ2v) is 5.19. The topological polar surface area (TPSA) is 69.6 Å². The van der Waals surface area contributed by atoms with Gasteiger partial charge in [0.15, 0.2) is 0 Å². The van der Waals surface area contributed by atoms with Crippen LogP contribution >= 0.6 is 0 Å². The van der Waals surface area contributed by atoms with Gasteiger partial charge in [-0.2, -0.15) is 0 Å². The zero-order chi connectivity index (χ0) is 14.3. The predicted octanol–water partition coefficient (Wildman–Crippen LogP) is 2.24. The number of carbonyl (C=O) groups excluding carboxylic acids is 1. The fourth-order valence-electron chi connectivity index (χ4n) is 2.31. The highest BCUT2D eigenvalue weighted by Crippen LogP contribution is 2.16. The molecule has 2 N–H and O–H groups in total. The largest absolute Gasteiger partial charge is 0.481 e. The number of nitrogens with zero attached hydrogens (tertiary/aromatic N) is 1. The van der Waals surface area contributed by atoms with Gasteiger partial charge in [0.25, 0.3) is 0 Å². The van der Waals surface area contributed by atoms with E-state index in [1.54, 1.807) is 4.90 Å². The van der Waals surface area contributed by atoms with Crippen LogP contribution in [-0.2, 0) is 4.79 Å². The van der Waals surface area contributed by atoms with Crippen molar-refractivity contribution in [2.24, 2.45) is 5.92 Å². The molecule has 1 aliphatic heterocycles. The van der Waals surface area contributed by atoms with Crippen molar-refractivity contribution in [1.29, 1.82) is 0 Å². The molecule has 0 aliphatic carbocycles. The number of amides is 2. The number of carbonyl (C=O) groups is 2. The summed E-state index contributed by atoms with van der Waals surface area (Å²) >= 11 is 0. The molecule has 1 saturated heterocycles. The van der Waals surface area contributed by atoms with Gasteiger partial charge in [0, 0.05) is 19.1 Å². The number of unbranched alkanes of at least 4 members (excludes halogenated alkanes) is 1. The Labute approximate surface area is 114 Å². The Hall–Kier alpha value is -1.52. The molecule has 2 amide bonds. The Morgan fingerprint density at radius 3 is 2.95 bits per heavy atom. The molecule has 19 heavy (non-hydrogen) atoms. The van der Waals surface area contributed by atoms with Crippen molar-refractivity contribution in [2.75, 3.05) is 13.1 Å². The van der Waals surface area contributed by atoms with Crippen molar-refractivity contribution in [3.63, 3.8) is 0 Å². The van der Waals surface area contributed by atoms with Crippen LogP contribution in [0.5, 0.6) is 0 Å². The first-order valence-electron chi connectivity index (χ1n) is 6.93. The molecule has 1 fully saturated rings. The number of allylic oxidation sites excluding steroid dienone is 1. The Morgan fingerprint density at radius 2 is 2.32 bits per heavy atom. The van der Waals surface area contributed by atoms with Gasteiger partial charge in [0.1, 0.15) is 0 Å². The number of hydrogen-bond acceptors (Lipinski definition) is 2. The third-order valence-corrected chi connectivity index (χ3v) is 3.47. The van der Waals surface area contributed by atoms with E-state index < -0.39 is 11.9 Å². The van der Waals surface area contributed by atoms with E-state index in [-0.39, 0.29) is 12.1 Å². The molecule has 2 unspecified atom stereocenters. The normalized spacial score (nSPS) is 20.7. The number of piperidine rings is 1. The van der Waals surface area contributed by atoms with Gasteiger partial charge >= 0.3 is 12.0 Å². The van der Waals surface area contributed by atoms with Gasteiger partial charge in [-0.1, -0.05) is 6.08 Å². The molecule has 5 nitrogen and oxygen atoms in total. The first-order chi connectivity index (χ1) is 9.04. The maximum atomic E-state index is 12.0. The first-order valence-corrected chi connectivity index (χ1v) is 6.93. The van der Waals surface area contributed by atoms with Gasteiger partial charge in [-0.25, -0.2) is 4.79 Å². The highest BCUT2D eigenvalue weighted by atomic mass is 16.4. The Morgan fingerprint density at radius 1 is 1.58 bits per heavy atom. The lowest BCUT2D eigenvalue weighted by molar-refractivity contribution is -0.143. The first kappa shape index (κ1) is 15.5. The zero-order valence-electron chi connectivity index (χ0n) is 11.6. The third kappa shape index (κ3) is 5.32. The minimum absolute atomic E-state index is 0.109. The molecule has 2 atom stereocenters. The predicted molar refractivity (Wildman–Crippen MR) is 74.0 cm³/mol. The Bertz CT molecular complexity index is 331. The van der Waals surface area contributed by atoms with Gasteiger partial charge in [-0.15, -0.1) is 6.58 Å². The van der Waals surface area contributed by atoms with Crippen LogP contribution in [0.15, 0.2) is 12.7 Å². The van der Waals surface area contributed by atoms with Crippen molar-refractivity contribution in [3.8, 4) is 0 Å². The summed E-state index contributed by atoms with van der Waals surface area (Å²) in [5.41, 5.74) is 0. The summed E-state index contributed by atoms with van der Waals surface area (Å²) in [6, 6.07) is -0.0327. The third-order valence-electron chi connectivity index (χ3n) is 3.47. The van der Waals surface area contributed by atoms with Crippen molar-refractivity contribution < 1.29 is 14.7 Å². The maximum Gasteiger partial charge on any atom is 0.317 e. The maximum absolute atomic E-state index is 12.0. The monoisotopic (exact) mass is 268 g/mol. The van der Waals surface area contributed by atoms with Crippen molar-refractivity contribution in [1.82, 2.24) is 10.2 Å².